The van der Waals surface area contributed by atoms with Gasteiger partial charge in [0.2, 0.25) is 5.91 Å². The van der Waals surface area contributed by atoms with Crippen molar-refractivity contribution in [3.05, 3.63) is 45.2 Å². The number of nitrogens with zero attached hydrogens (tertiary/aromatic N) is 3. The highest BCUT2D eigenvalue weighted by molar-refractivity contribution is 6.31. The summed E-state index contributed by atoms with van der Waals surface area (Å²) in [4.78, 5) is 22.0. The maximum Gasteiger partial charge on any atom is 0.309 e. The van der Waals surface area contributed by atoms with E-state index in [2.05, 4.69) is 10.4 Å². The average Bonchev–Trinajstić information content (AvgIpc) is 2.82. The lowest BCUT2D eigenvalue weighted by atomic mass is 10.3. The maximum absolute atomic E-state index is 11.8. The average molecular weight is 325 g/mol. The summed E-state index contributed by atoms with van der Waals surface area (Å²) >= 11 is 5.78. The van der Waals surface area contributed by atoms with Gasteiger partial charge in [0.25, 0.3) is 0 Å². The van der Waals surface area contributed by atoms with Crippen LogP contribution in [0.5, 0.6) is 5.75 Å². The second-order valence-electron chi connectivity index (χ2n) is 4.58. The molecule has 1 heterocycles. The first kappa shape index (κ1) is 15.8. The number of halogens is 1. The van der Waals surface area contributed by atoms with Gasteiger partial charge in [0.05, 0.1) is 10.6 Å². The molecule has 0 unspecified atom stereocenters. The van der Waals surface area contributed by atoms with E-state index in [9.17, 15) is 20.0 Å². The van der Waals surface area contributed by atoms with Crippen molar-refractivity contribution in [3.63, 3.8) is 0 Å². The van der Waals surface area contributed by atoms with Gasteiger partial charge in [-0.05, 0) is 25.1 Å². The number of phenols is 1. The minimum atomic E-state index is -0.525. The molecular formula is C13H13ClN4O4. The van der Waals surface area contributed by atoms with Gasteiger partial charge >= 0.3 is 5.69 Å². The number of amides is 1. The third kappa shape index (κ3) is 3.73. The van der Waals surface area contributed by atoms with Crippen LogP contribution < -0.4 is 5.32 Å². The Morgan fingerprint density at radius 1 is 1.55 bits per heavy atom. The SMILES string of the molecule is Cc1nn(CCC(=O)Nc2cc(Cl)ccc2O)cc1[N+](=O)[O-]. The summed E-state index contributed by atoms with van der Waals surface area (Å²) in [6.07, 6.45) is 1.32. The Hall–Kier alpha value is -2.61. The number of carbonyl (C=O) groups excluding carboxylic acids is 1. The number of hydrogen-bond acceptors (Lipinski definition) is 5. The predicted octanol–water partition coefficient (Wildman–Crippen LogP) is 2.49. The van der Waals surface area contributed by atoms with Crippen LogP contribution in [0.25, 0.3) is 0 Å². The number of carbonyl (C=O) groups is 1. The van der Waals surface area contributed by atoms with Crippen molar-refractivity contribution in [2.45, 2.75) is 19.9 Å². The van der Waals surface area contributed by atoms with Crippen LogP contribution in [0, 0.1) is 17.0 Å². The van der Waals surface area contributed by atoms with Crippen LogP contribution in [0.2, 0.25) is 5.02 Å². The number of benzene rings is 1. The van der Waals surface area contributed by atoms with Crippen LogP contribution in [-0.2, 0) is 11.3 Å². The minimum absolute atomic E-state index is 0.0459. The summed E-state index contributed by atoms with van der Waals surface area (Å²) in [5.41, 5.74) is 0.408. The zero-order valence-electron chi connectivity index (χ0n) is 11.6. The van der Waals surface area contributed by atoms with E-state index in [0.717, 1.165) is 0 Å². The van der Waals surface area contributed by atoms with Crippen molar-refractivity contribution in [1.29, 1.82) is 0 Å². The van der Waals surface area contributed by atoms with E-state index in [1.807, 2.05) is 0 Å². The Balaban J connectivity index is 1.97. The summed E-state index contributed by atoms with van der Waals surface area (Å²) in [6.45, 7) is 1.71. The highest BCUT2D eigenvalue weighted by atomic mass is 35.5. The molecule has 0 aliphatic carbocycles. The van der Waals surface area contributed by atoms with E-state index in [-0.39, 0.29) is 41.7 Å². The smallest absolute Gasteiger partial charge is 0.309 e. The topological polar surface area (TPSA) is 110 Å². The van der Waals surface area contributed by atoms with Crippen molar-refractivity contribution in [1.82, 2.24) is 9.78 Å². The van der Waals surface area contributed by atoms with Crippen molar-refractivity contribution < 1.29 is 14.8 Å². The lowest BCUT2D eigenvalue weighted by Gasteiger charge is -2.07. The number of nitro groups is 1. The third-order valence-electron chi connectivity index (χ3n) is 2.92. The minimum Gasteiger partial charge on any atom is -0.506 e. The summed E-state index contributed by atoms with van der Waals surface area (Å²) in [5.74, 6) is -0.461. The van der Waals surface area contributed by atoms with Gasteiger partial charge < -0.3 is 10.4 Å². The van der Waals surface area contributed by atoms with Crippen molar-refractivity contribution in [3.8, 4) is 5.75 Å². The van der Waals surface area contributed by atoms with Gasteiger partial charge in [-0.15, -0.1) is 0 Å². The summed E-state index contributed by atoms with van der Waals surface area (Å²) in [5, 5.41) is 27.2. The fourth-order valence-corrected chi connectivity index (χ4v) is 2.01. The lowest BCUT2D eigenvalue weighted by Crippen LogP contribution is -2.14. The molecule has 1 aromatic carbocycles. The van der Waals surface area contributed by atoms with E-state index in [4.69, 9.17) is 11.6 Å². The van der Waals surface area contributed by atoms with E-state index in [1.54, 1.807) is 0 Å². The molecule has 0 radical (unpaired) electrons. The molecule has 9 heteroatoms. The molecule has 8 nitrogen and oxygen atoms in total. The lowest BCUT2D eigenvalue weighted by molar-refractivity contribution is -0.385. The molecule has 116 valence electrons. The second kappa shape index (κ2) is 6.44. The van der Waals surface area contributed by atoms with Gasteiger partial charge in [-0.2, -0.15) is 5.10 Å². The van der Waals surface area contributed by atoms with Gasteiger partial charge in [0, 0.05) is 18.0 Å². The van der Waals surface area contributed by atoms with E-state index < -0.39 is 4.92 Å². The maximum atomic E-state index is 11.8. The second-order valence-corrected chi connectivity index (χ2v) is 5.02. The fraction of sp³-hybridized carbons (Fsp3) is 0.231. The van der Waals surface area contributed by atoms with Crippen LogP contribution in [0.3, 0.4) is 0 Å². The van der Waals surface area contributed by atoms with E-state index in [1.165, 1.54) is 36.0 Å². The van der Waals surface area contributed by atoms with Gasteiger partial charge in [-0.1, -0.05) is 11.6 Å². The number of hydrogen-bond donors (Lipinski definition) is 2. The first-order valence-corrected chi connectivity index (χ1v) is 6.71. The van der Waals surface area contributed by atoms with Crippen LogP contribution >= 0.6 is 11.6 Å². The summed E-state index contributed by atoms with van der Waals surface area (Å²) in [7, 11) is 0. The molecule has 0 fully saturated rings. The van der Waals surface area contributed by atoms with Crippen molar-refractivity contribution in [2.75, 3.05) is 5.32 Å². The van der Waals surface area contributed by atoms with Crippen LogP contribution in [0.15, 0.2) is 24.4 Å². The van der Waals surface area contributed by atoms with Crippen molar-refractivity contribution in [2.24, 2.45) is 0 Å². The van der Waals surface area contributed by atoms with Gasteiger partial charge in [-0.3, -0.25) is 19.6 Å². The number of anilines is 1. The normalized spacial score (nSPS) is 10.5. The van der Waals surface area contributed by atoms with Crippen LogP contribution in [-0.4, -0.2) is 25.7 Å². The highest BCUT2D eigenvalue weighted by Gasteiger charge is 2.16. The Morgan fingerprint density at radius 2 is 2.27 bits per heavy atom. The molecule has 1 amide bonds. The Morgan fingerprint density at radius 3 is 2.91 bits per heavy atom. The molecule has 2 N–H and O–H groups in total. The van der Waals surface area contributed by atoms with Gasteiger partial charge in [-0.25, -0.2) is 0 Å². The molecule has 0 aliphatic rings. The zero-order valence-corrected chi connectivity index (χ0v) is 12.4. The summed E-state index contributed by atoms with van der Waals surface area (Å²) < 4.78 is 1.34. The first-order chi connectivity index (χ1) is 10.4. The number of rotatable bonds is 5. The molecule has 2 rings (SSSR count). The Kier molecular flexibility index (Phi) is 4.62. The number of aryl methyl sites for hydroxylation is 2. The molecule has 0 spiro atoms. The molecule has 22 heavy (non-hydrogen) atoms. The Bertz CT molecular complexity index is 729. The molecular weight excluding hydrogens is 312 g/mol. The Labute approximate surface area is 130 Å². The van der Waals surface area contributed by atoms with Crippen LogP contribution in [0.1, 0.15) is 12.1 Å². The molecule has 0 saturated carbocycles. The zero-order chi connectivity index (χ0) is 16.3. The molecule has 0 bridgehead atoms. The monoisotopic (exact) mass is 324 g/mol. The van der Waals surface area contributed by atoms with E-state index >= 15 is 0 Å². The van der Waals surface area contributed by atoms with Crippen molar-refractivity contribution >= 4 is 28.9 Å². The number of aromatic nitrogens is 2. The molecule has 0 saturated heterocycles. The molecule has 0 aliphatic heterocycles. The number of nitrogens with one attached hydrogen (secondary N) is 1. The van der Waals surface area contributed by atoms with Gasteiger partial charge in [0.1, 0.15) is 17.6 Å². The predicted molar refractivity (Wildman–Crippen MR) is 80.0 cm³/mol. The standard InChI is InChI=1S/C13H13ClN4O4/c1-8-11(18(21)22)7-17(16-8)5-4-13(20)15-10-6-9(14)2-3-12(10)19/h2-3,6-7,19H,4-5H2,1H3,(H,15,20). The molecule has 2 aromatic rings. The van der Waals surface area contributed by atoms with E-state index in [0.29, 0.717) is 5.02 Å². The summed E-state index contributed by atoms with van der Waals surface area (Å²) in [6, 6.07) is 4.30. The van der Waals surface area contributed by atoms with Crippen LogP contribution in [0.4, 0.5) is 11.4 Å². The molecule has 1 aromatic heterocycles. The number of aromatic hydroxyl groups is 1. The first-order valence-electron chi connectivity index (χ1n) is 6.33. The third-order valence-corrected chi connectivity index (χ3v) is 3.15. The molecule has 0 atom stereocenters. The quantitative estimate of drug-likeness (QED) is 0.498. The largest absolute Gasteiger partial charge is 0.506 e. The highest BCUT2D eigenvalue weighted by Crippen LogP contribution is 2.26. The van der Waals surface area contributed by atoms with Gasteiger partial charge in [0.15, 0.2) is 0 Å². The fourth-order valence-electron chi connectivity index (χ4n) is 1.84. The number of phenolic OH excluding ortho intramolecular Hbond substituents is 1.